The number of hydrogen-bond donors (Lipinski definition) is 7. The van der Waals surface area contributed by atoms with Crippen molar-refractivity contribution in [2.75, 3.05) is 39.9 Å². The van der Waals surface area contributed by atoms with Crippen molar-refractivity contribution in [3.63, 3.8) is 0 Å². The van der Waals surface area contributed by atoms with Gasteiger partial charge < -0.3 is 29.7 Å². The Kier molecular flexibility index (Phi) is 8.20. The maximum Gasteiger partial charge on any atom is 0.288 e. The minimum absolute atomic E-state index is 0.0931. The van der Waals surface area contributed by atoms with Crippen LogP contribution in [0.2, 0.25) is 0 Å². The fourth-order valence-corrected chi connectivity index (χ4v) is 5.59. The number of hydrogen-bond acceptors (Lipinski definition) is 10. The molecule has 7 N–H and O–H groups in total. The standard InChI is InChI=1S/C22H41N5O5/c1-14-10-19(23-13-22(28,29)30)26-21(24-14)25-16-11-17(15-4-3-6-27(2)7-5-15)20-18(12-16)31-8-9-32-20/h5,14,16-21,23-26,28-30H,3-4,6-13H2,1-2H3. The van der Waals surface area contributed by atoms with Crippen LogP contribution in [0.4, 0.5) is 0 Å². The molecular formula is C22H41N5O5. The lowest BCUT2D eigenvalue weighted by atomic mass is 9.75. The highest BCUT2D eigenvalue weighted by atomic mass is 16.7. The quantitative estimate of drug-likeness (QED) is 0.189. The van der Waals surface area contributed by atoms with E-state index in [0.29, 0.717) is 19.1 Å². The van der Waals surface area contributed by atoms with Gasteiger partial charge in [-0.3, -0.25) is 21.3 Å². The first-order chi connectivity index (χ1) is 15.3. The lowest BCUT2D eigenvalue weighted by Gasteiger charge is -2.47. The largest absolute Gasteiger partial charge is 0.373 e. The summed E-state index contributed by atoms with van der Waals surface area (Å²) in [4.78, 5) is 2.37. The van der Waals surface area contributed by atoms with Crippen molar-refractivity contribution in [1.29, 1.82) is 0 Å². The minimum atomic E-state index is -2.72. The van der Waals surface area contributed by atoms with Crippen LogP contribution in [-0.4, -0.2) is 103 Å². The molecule has 0 amide bonds. The van der Waals surface area contributed by atoms with Crippen LogP contribution in [0, 0.1) is 5.92 Å². The number of likely N-dealkylation sites (N-methyl/N-ethyl adjacent to an activating group) is 1. The molecule has 7 atom stereocenters. The van der Waals surface area contributed by atoms with E-state index >= 15 is 0 Å². The van der Waals surface area contributed by atoms with E-state index in [1.54, 1.807) is 0 Å². The summed E-state index contributed by atoms with van der Waals surface area (Å²) in [6, 6.07) is 0.478. The monoisotopic (exact) mass is 455 g/mol. The Balaban J connectivity index is 1.40. The van der Waals surface area contributed by atoms with Gasteiger partial charge in [0.25, 0.3) is 5.97 Å². The molecular weight excluding hydrogens is 414 g/mol. The van der Waals surface area contributed by atoms with Crippen molar-refractivity contribution < 1.29 is 24.8 Å². The third-order valence-electron chi connectivity index (χ3n) is 7.09. The van der Waals surface area contributed by atoms with Gasteiger partial charge in [-0.2, -0.15) is 0 Å². The molecule has 32 heavy (non-hydrogen) atoms. The average Bonchev–Trinajstić information content (AvgIpc) is 2.95. The molecule has 4 rings (SSSR count). The number of ether oxygens (including phenoxy) is 2. The summed E-state index contributed by atoms with van der Waals surface area (Å²) in [7, 11) is 2.17. The zero-order valence-corrected chi connectivity index (χ0v) is 19.3. The second-order valence-electron chi connectivity index (χ2n) is 9.94. The molecule has 3 aliphatic heterocycles. The average molecular weight is 456 g/mol. The molecule has 0 aromatic carbocycles. The molecule has 10 nitrogen and oxygen atoms in total. The second kappa shape index (κ2) is 10.7. The topological polar surface area (TPSA) is 131 Å². The number of rotatable bonds is 6. The SMILES string of the molecule is CC1CC(NCC(O)(O)O)NC(NC2CC3OCCOC3C(C3=CCN(C)CCC3)C2)N1. The van der Waals surface area contributed by atoms with Gasteiger partial charge in [-0.05, 0) is 52.6 Å². The van der Waals surface area contributed by atoms with Crippen LogP contribution in [0.1, 0.15) is 39.0 Å². The molecule has 184 valence electrons. The highest BCUT2D eigenvalue weighted by molar-refractivity contribution is 5.15. The van der Waals surface area contributed by atoms with Crippen LogP contribution in [0.5, 0.6) is 0 Å². The van der Waals surface area contributed by atoms with Crippen LogP contribution in [-0.2, 0) is 9.47 Å². The molecule has 4 aliphatic rings. The summed E-state index contributed by atoms with van der Waals surface area (Å²) in [5.41, 5.74) is 1.50. The highest BCUT2D eigenvalue weighted by Gasteiger charge is 2.43. The van der Waals surface area contributed by atoms with Crippen molar-refractivity contribution in [2.45, 2.75) is 81.7 Å². The van der Waals surface area contributed by atoms with Gasteiger partial charge in [0.1, 0.15) is 6.29 Å². The molecule has 0 aromatic rings. The van der Waals surface area contributed by atoms with E-state index in [0.717, 1.165) is 38.8 Å². The Morgan fingerprint density at radius 2 is 1.97 bits per heavy atom. The molecule has 0 spiro atoms. The van der Waals surface area contributed by atoms with Gasteiger partial charge in [0.15, 0.2) is 0 Å². The van der Waals surface area contributed by atoms with E-state index < -0.39 is 5.97 Å². The van der Waals surface area contributed by atoms with E-state index in [4.69, 9.17) is 9.47 Å². The Morgan fingerprint density at radius 3 is 2.78 bits per heavy atom. The summed E-state index contributed by atoms with van der Waals surface area (Å²) in [5, 5.41) is 41.2. The summed E-state index contributed by atoms with van der Waals surface area (Å²) in [6.45, 7) is 5.20. The normalized spacial score (nSPS) is 39.8. The third-order valence-corrected chi connectivity index (χ3v) is 7.09. The van der Waals surface area contributed by atoms with Gasteiger partial charge in [0.05, 0.1) is 38.1 Å². The van der Waals surface area contributed by atoms with Crippen LogP contribution in [0.15, 0.2) is 11.6 Å². The lowest BCUT2D eigenvalue weighted by Crippen LogP contribution is -2.69. The van der Waals surface area contributed by atoms with Crippen molar-refractivity contribution >= 4 is 0 Å². The van der Waals surface area contributed by atoms with E-state index in [9.17, 15) is 15.3 Å². The highest BCUT2D eigenvalue weighted by Crippen LogP contribution is 2.38. The smallest absolute Gasteiger partial charge is 0.288 e. The van der Waals surface area contributed by atoms with Crippen molar-refractivity contribution in [1.82, 2.24) is 26.2 Å². The van der Waals surface area contributed by atoms with Gasteiger partial charge >= 0.3 is 0 Å². The molecule has 10 heteroatoms. The van der Waals surface area contributed by atoms with Crippen LogP contribution >= 0.6 is 0 Å². The van der Waals surface area contributed by atoms with Gasteiger partial charge in [-0.25, -0.2) is 0 Å². The van der Waals surface area contributed by atoms with Gasteiger partial charge in [-0.15, -0.1) is 0 Å². The van der Waals surface area contributed by atoms with E-state index in [-0.39, 0.29) is 43.3 Å². The molecule has 0 bridgehead atoms. The lowest BCUT2D eigenvalue weighted by molar-refractivity contribution is -0.307. The van der Waals surface area contributed by atoms with Gasteiger partial charge in [0.2, 0.25) is 0 Å². The zero-order chi connectivity index (χ0) is 22.7. The van der Waals surface area contributed by atoms with Crippen LogP contribution < -0.4 is 21.3 Å². The summed E-state index contributed by atoms with van der Waals surface area (Å²) in [5.74, 6) is -2.37. The molecule has 1 saturated carbocycles. The molecule has 0 radical (unpaired) electrons. The van der Waals surface area contributed by atoms with Gasteiger partial charge in [0, 0.05) is 24.5 Å². The van der Waals surface area contributed by atoms with Crippen molar-refractivity contribution in [3.05, 3.63) is 11.6 Å². The van der Waals surface area contributed by atoms with E-state index in [1.807, 2.05) is 0 Å². The first-order valence-corrected chi connectivity index (χ1v) is 12.1. The van der Waals surface area contributed by atoms with Gasteiger partial charge in [-0.1, -0.05) is 11.6 Å². The predicted molar refractivity (Wildman–Crippen MR) is 119 cm³/mol. The number of fused-ring (bicyclic) bond motifs is 1. The Morgan fingerprint density at radius 1 is 1.16 bits per heavy atom. The van der Waals surface area contributed by atoms with E-state index in [1.165, 1.54) is 12.0 Å². The molecule has 3 heterocycles. The van der Waals surface area contributed by atoms with E-state index in [2.05, 4.69) is 46.2 Å². The Bertz CT molecular complexity index is 645. The van der Waals surface area contributed by atoms with Crippen LogP contribution in [0.25, 0.3) is 0 Å². The molecule has 2 saturated heterocycles. The molecule has 0 aromatic heterocycles. The fraction of sp³-hybridized carbons (Fsp3) is 0.909. The number of nitrogens with zero attached hydrogens (tertiary/aromatic N) is 1. The minimum Gasteiger partial charge on any atom is -0.373 e. The van der Waals surface area contributed by atoms with Crippen LogP contribution in [0.3, 0.4) is 0 Å². The molecule has 3 fully saturated rings. The summed E-state index contributed by atoms with van der Waals surface area (Å²) < 4.78 is 12.4. The number of nitrogens with one attached hydrogen (secondary N) is 4. The zero-order valence-electron chi connectivity index (χ0n) is 19.3. The maximum atomic E-state index is 9.20. The molecule has 1 aliphatic carbocycles. The summed E-state index contributed by atoms with van der Waals surface area (Å²) in [6.07, 6.45) is 7.27. The Labute approximate surface area is 190 Å². The molecule has 7 unspecified atom stereocenters. The van der Waals surface area contributed by atoms with Crippen molar-refractivity contribution in [2.24, 2.45) is 5.92 Å². The first-order valence-electron chi connectivity index (χ1n) is 12.1. The second-order valence-corrected chi connectivity index (χ2v) is 9.94. The number of aliphatic hydroxyl groups is 3. The summed E-state index contributed by atoms with van der Waals surface area (Å²) >= 11 is 0. The third kappa shape index (κ3) is 6.69. The maximum absolute atomic E-state index is 9.20. The van der Waals surface area contributed by atoms with Crippen molar-refractivity contribution in [3.8, 4) is 0 Å². The first kappa shape index (κ1) is 24.5. The fourth-order valence-electron chi connectivity index (χ4n) is 5.59. The Hall–Kier alpha value is -0.660. The predicted octanol–water partition coefficient (Wildman–Crippen LogP) is -1.41.